The summed E-state index contributed by atoms with van der Waals surface area (Å²) in [7, 11) is 4.08. The van der Waals surface area contributed by atoms with E-state index in [1.807, 2.05) is 19.4 Å². The number of aryl methyl sites for hydroxylation is 1. The van der Waals surface area contributed by atoms with Crippen LogP contribution < -0.4 is 0 Å². The molecule has 0 radical (unpaired) electrons. The van der Waals surface area contributed by atoms with E-state index in [0.717, 1.165) is 18.4 Å². The minimum atomic E-state index is -0.646. The Kier molecular flexibility index (Phi) is 2.13. The average Bonchev–Trinajstić information content (AvgIpc) is 2.73. The van der Waals surface area contributed by atoms with Gasteiger partial charge in [-0.2, -0.15) is 5.10 Å². The second kappa shape index (κ2) is 3.31. The molecule has 1 aromatic heterocycles. The molecule has 0 aliphatic carbocycles. The number of rotatable bonds is 1. The van der Waals surface area contributed by atoms with Crippen LogP contribution in [0.2, 0.25) is 0 Å². The van der Waals surface area contributed by atoms with Gasteiger partial charge in [0.15, 0.2) is 0 Å². The van der Waals surface area contributed by atoms with Gasteiger partial charge in [0.25, 0.3) is 0 Å². The zero-order valence-electron chi connectivity index (χ0n) is 9.93. The van der Waals surface area contributed by atoms with E-state index in [0.29, 0.717) is 12.1 Å². The average molecular weight is 221 g/mol. The van der Waals surface area contributed by atoms with Crippen molar-refractivity contribution in [2.45, 2.75) is 43.4 Å². The van der Waals surface area contributed by atoms with Gasteiger partial charge in [-0.3, -0.25) is 4.68 Å². The van der Waals surface area contributed by atoms with Gasteiger partial charge < -0.3 is 10.0 Å². The molecule has 2 aliphatic rings. The Labute approximate surface area is 95.9 Å². The van der Waals surface area contributed by atoms with Crippen molar-refractivity contribution < 1.29 is 5.11 Å². The molecule has 1 N–H and O–H groups in total. The fraction of sp³-hybridized carbons (Fsp3) is 0.750. The third-order valence-corrected chi connectivity index (χ3v) is 4.37. The lowest BCUT2D eigenvalue weighted by Gasteiger charge is -2.41. The topological polar surface area (TPSA) is 41.3 Å². The van der Waals surface area contributed by atoms with Gasteiger partial charge in [0.05, 0.1) is 11.8 Å². The fourth-order valence-electron chi connectivity index (χ4n) is 3.34. The van der Waals surface area contributed by atoms with Crippen molar-refractivity contribution in [3.05, 3.63) is 18.0 Å². The summed E-state index contributed by atoms with van der Waals surface area (Å²) in [6.07, 6.45) is 7.92. The molecule has 4 heteroatoms. The van der Waals surface area contributed by atoms with E-state index in [9.17, 15) is 5.11 Å². The first-order chi connectivity index (χ1) is 7.58. The highest BCUT2D eigenvalue weighted by Crippen LogP contribution is 2.44. The molecule has 1 aromatic rings. The summed E-state index contributed by atoms with van der Waals surface area (Å²) in [5, 5.41) is 14.9. The lowest BCUT2D eigenvalue weighted by Crippen LogP contribution is -2.47. The number of hydrogen-bond acceptors (Lipinski definition) is 3. The maximum Gasteiger partial charge on any atom is 0.0956 e. The molecule has 0 amide bonds. The van der Waals surface area contributed by atoms with E-state index in [-0.39, 0.29) is 0 Å². The Morgan fingerprint density at radius 2 is 1.94 bits per heavy atom. The van der Waals surface area contributed by atoms with Crippen molar-refractivity contribution in [3.63, 3.8) is 0 Å². The molecule has 2 aliphatic heterocycles. The second-order valence-corrected chi connectivity index (χ2v) is 5.39. The van der Waals surface area contributed by atoms with Crippen LogP contribution in [0.25, 0.3) is 0 Å². The summed E-state index contributed by atoms with van der Waals surface area (Å²) >= 11 is 0. The third-order valence-electron chi connectivity index (χ3n) is 4.37. The quantitative estimate of drug-likeness (QED) is 0.765. The van der Waals surface area contributed by atoms with Gasteiger partial charge in [0.1, 0.15) is 0 Å². The molecule has 88 valence electrons. The normalized spacial score (nSPS) is 39.2. The smallest absolute Gasteiger partial charge is 0.0956 e. The number of piperidine rings is 1. The molecule has 0 spiro atoms. The van der Waals surface area contributed by atoms with E-state index >= 15 is 0 Å². The van der Waals surface area contributed by atoms with Crippen molar-refractivity contribution in [3.8, 4) is 0 Å². The summed E-state index contributed by atoms with van der Waals surface area (Å²) in [6, 6.07) is 1.09. The van der Waals surface area contributed by atoms with Crippen LogP contribution in [0.3, 0.4) is 0 Å². The van der Waals surface area contributed by atoms with E-state index in [2.05, 4.69) is 17.0 Å². The van der Waals surface area contributed by atoms with Crippen LogP contribution in [0, 0.1) is 0 Å². The second-order valence-electron chi connectivity index (χ2n) is 5.39. The summed E-state index contributed by atoms with van der Waals surface area (Å²) in [5.41, 5.74) is 0.340. The minimum Gasteiger partial charge on any atom is -0.385 e. The first kappa shape index (κ1) is 10.3. The Morgan fingerprint density at radius 3 is 2.44 bits per heavy atom. The Balaban J connectivity index is 1.90. The maximum atomic E-state index is 10.8. The van der Waals surface area contributed by atoms with Crippen LogP contribution in [0.4, 0.5) is 0 Å². The van der Waals surface area contributed by atoms with Gasteiger partial charge in [0.2, 0.25) is 0 Å². The first-order valence-electron chi connectivity index (χ1n) is 6.02. The van der Waals surface area contributed by atoms with Gasteiger partial charge >= 0.3 is 0 Å². The van der Waals surface area contributed by atoms with Crippen LogP contribution in [0.1, 0.15) is 31.2 Å². The SMILES string of the molecule is CN1C2CCC1CC(O)(c1cnn(C)c1)C2. The van der Waals surface area contributed by atoms with Crippen molar-refractivity contribution in [2.24, 2.45) is 7.05 Å². The van der Waals surface area contributed by atoms with Crippen molar-refractivity contribution >= 4 is 0 Å². The van der Waals surface area contributed by atoms with Crippen LogP contribution in [-0.2, 0) is 12.6 Å². The molecular formula is C12H19N3O. The van der Waals surface area contributed by atoms with Gasteiger partial charge in [-0.1, -0.05) is 0 Å². The Morgan fingerprint density at radius 1 is 1.31 bits per heavy atom. The lowest BCUT2D eigenvalue weighted by atomic mass is 9.82. The third kappa shape index (κ3) is 1.40. The number of hydrogen-bond donors (Lipinski definition) is 1. The van der Waals surface area contributed by atoms with Gasteiger partial charge in [-0.15, -0.1) is 0 Å². The number of aliphatic hydroxyl groups is 1. The Bertz CT molecular complexity index is 387. The fourth-order valence-corrected chi connectivity index (χ4v) is 3.34. The number of aromatic nitrogens is 2. The maximum absolute atomic E-state index is 10.8. The molecule has 4 nitrogen and oxygen atoms in total. The van der Waals surface area contributed by atoms with E-state index < -0.39 is 5.60 Å². The van der Waals surface area contributed by atoms with Crippen LogP contribution >= 0.6 is 0 Å². The van der Waals surface area contributed by atoms with Crippen molar-refractivity contribution in [1.29, 1.82) is 0 Å². The molecule has 3 heterocycles. The highest BCUT2D eigenvalue weighted by atomic mass is 16.3. The molecule has 2 atom stereocenters. The first-order valence-corrected chi connectivity index (χ1v) is 6.02. The van der Waals surface area contributed by atoms with Gasteiger partial charge in [-0.05, 0) is 32.7 Å². The van der Waals surface area contributed by atoms with Crippen LogP contribution in [0.5, 0.6) is 0 Å². The largest absolute Gasteiger partial charge is 0.385 e. The summed E-state index contributed by atoms with van der Waals surface area (Å²) in [5.74, 6) is 0. The zero-order valence-corrected chi connectivity index (χ0v) is 9.93. The minimum absolute atomic E-state index is 0.545. The highest BCUT2D eigenvalue weighted by Gasteiger charge is 2.47. The monoisotopic (exact) mass is 221 g/mol. The van der Waals surface area contributed by atoms with Gasteiger partial charge in [0, 0.05) is 30.9 Å². The Hall–Kier alpha value is -0.870. The molecule has 2 fully saturated rings. The van der Waals surface area contributed by atoms with Crippen molar-refractivity contribution in [2.75, 3.05) is 7.05 Å². The molecular weight excluding hydrogens is 202 g/mol. The molecule has 0 aromatic carbocycles. The van der Waals surface area contributed by atoms with E-state index in [4.69, 9.17) is 0 Å². The van der Waals surface area contributed by atoms with Crippen molar-refractivity contribution in [1.82, 2.24) is 14.7 Å². The van der Waals surface area contributed by atoms with Crippen LogP contribution in [-0.4, -0.2) is 38.9 Å². The molecule has 2 unspecified atom stereocenters. The standard InChI is InChI=1S/C12H19N3O/c1-14-8-9(7-13-14)12(16)5-10-3-4-11(6-12)15(10)2/h7-8,10-11,16H,3-6H2,1-2H3. The predicted octanol–water partition coefficient (Wildman–Crippen LogP) is 0.864. The number of fused-ring (bicyclic) bond motifs is 2. The van der Waals surface area contributed by atoms with E-state index in [1.165, 1.54) is 12.8 Å². The highest BCUT2D eigenvalue weighted by molar-refractivity contribution is 5.19. The molecule has 3 rings (SSSR count). The molecule has 2 saturated heterocycles. The number of nitrogens with zero attached hydrogens (tertiary/aromatic N) is 3. The molecule has 16 heavy (non-hydrogen) atoms. The predicted molar refractivity (Wildman–Crippen MR) is 60.9 cm³/mol. The lowest BCUT2D eigenvalue weighted by molar-refractivity contribution is -0.0493. The summed E-state index contributed by atoms with van der Waals surface area (Å²) in [6.45, 7) is 0. The van der Waals surface area contributed by atoms with Gasteiger partial charge in [-0.25, -0.2) is 0 Å². The summed E-state index contributed by atoms with van der Waals surface area (Å²) < 4.78 is 1.77. The molecule has 2 bridgehead atoms. The molecule has 0 saturated carbocycles. The van der Waals surface area contributed by atoms with E-state index in [1.54, 1.807) is 4.68 Å². The summed E-state index contributed by atoms with van der Waals surface area (Å²) in [4.78, 5) is 2.44. The van der Waals surface area contributed by atoms with Crippen LogP contribution in [0.15, 0.2) is 12.4 Å². The zero-order chi connectivity index (χ0) is 11.3.